The summed E-state index contributed by atoms with van der Waals surface area (Å²) in [6.07, 6.45) is 1.30. The van der Waals surface area contributed by atoms with E-state index in [1.807, 2.05) is 0 Å². The maximum absolute atomic E-state index is 9.67. The Morgan fingerprint density at radius 1 is 1.41 bits per heavy atom. The molecule has 0 aliphatic heterocycles. The van der Waals surface area contributed by atoms with Gasteiger partial charge in [-0.15, -0.1) is 6.58 Å². The molecule has 94 valence electrons. The molecule has 1 rings (SSSR count). The van der Waals surface area contributed by atoms with Gasteiger partial charge in [0.05, 0.1) is 18.8 Å². The van der Waals surface area contributed by atoms with E-state index in [0.29, 0.717) is 16.5 Å². The summed E-state index contributed by atoms with van der Waals surface area (Å²) in [4.78, 5) is 0. The predicted molar refractivity (Wildman–Crippen MR) is 71.5 cm³/mol. The molecule has 0 aliphatic rings. The molecule has 0 spiro atoms. The van der Waals surface area contributed by atoms with Crippen LogP contribution in [0.1, 0.15) is 18.9 Å². The molecule has 0 unspecified atom stereocenters. The summed E-state index contributed by atoms with van der Waals surface area (Å²) in [5.41, 5.74) is 0.744. The largest absolute Gasteiger partial charge is 0.390 e. The van der Waals surface area contributed by atoms with Gasteiger partial charge in [-0.3, -0.25) is 0 Å². The van der Waals surface area contributed by atoms with Gasteiger partial charge in [0, 0.05) is 15.6 Å². The van der Waals surface area contributed by atoms with Gasteiger partial charge in [0.1, 0.15) is 0 Å². The van der Waals surface area contributed by atoms with Crippen LogP contribution in [-0.2, 0) is 11.3 Å². The Morgan fingerprint density at radius 3 is 2.53 bits per heavy atom. The number of halogens is 2. The van der Waals surface area contributed by atoms with Crippen LogP contribution in [0.25, 0.3) is 0 Å². The molecule has 2 nitrogen and oxygen atoms in total. The summed E-state index contributed by atoms with van der Waals surface area (Å²) < 4.78 is 5.54. The van der Waals surface area contributed by atoms with Gasteiger partial charge in [0.25, 0.3) is 0 Å². The minimum Gasteiger partial charge on any atom is -0.390 e. The zero-order valence-electron chi connectivity index (χ0n) is 9.70. The normalized spacial score (nSPS) is 14.4. The van der Waals surface area contributed by atoms with Gasteiger partial charge in [-0.05, 0) is 25.5 Å². The van der Waals surface area contributed by atoms with Crippen LogP contribution in [0.2, 0.25) is 10.0 Å². The van der Waals surface area contributed by atoms with Crippen molar-refractivity contribution in [2.75, 3.05) is 0 Å². The lowest BCUT2D eigenvalue weighted by atomic mass is 10.1. The lowest BCUT2D eigenvalue weighted by molar-refractivity contribution is -0.0332. The van der Waals surface area contributed by atoms with Crippen LogP contribution in [-0.4, -0.2) is 17.3 Å². The summed E-state index contributed by atoms with van der Waals surface area (Å²) in [5.74, 6) is 0. The second-order valence-electron chi connectivity index (χ2n) is 3.81. The van der Waals surface area contributed by atoms with E-state index in [0.717, 1.165) is 5.56 Å². The average molecular weight is 275 g/mol. The van der Waals surface area contributed by atoms with E-state index < -0.39 is 6.10 Å². The molecule has 0 heterocycles. The van der Waals surface area contributed by atoms with Gasteiger partial charge < -0.3 is 9.84 Å². The van der Waals surface area contributed by atoms with Gasteiger partial charge >= 0.3 is 0 Å². The number of aliphatic hydroxyl groups excluding tert-OH is 1. The summed E-state index contributed by atoms with van der Waals surface area (Å²) in [7, 11) is 0. The first kappa shape index (κ1) is 14.5. The van der Waals surface area contributed by atoms with Gasteiger partial charge in [-0.1, -0.05) is 35.3 Å². The SMILES string of the molecule is C=CC[C@@H](O)[C@H](C)OCc1c(Cl)cccc1Cl. The second-order valence-corrected chi connectivity index (χ2v) is 4.62. The van der Waals surface area contributed by atoms with Crippen LogP contribution in [0.15, 0.2) is 30.9 Å². The Bertz CT molecular complexity index is 359. The highest BCUT2D eigenvalue weighted by atomic mass is 35.5. The number of aliphatic hydroxyl groups is 1. The van der Waals surface area contributed by atoms with Gasteiger partial charge in [-0.25, -0.2) is 0 Å². The molecule has 0 aromatic heterocycles. The van der Waals surface area contributed by atoms with Crippen LogP contribution in [0, 0.1) is 0 Å². The first-order chi connectivity index (χ1) is 8.06. The topological polar surface area (TPSA) is 29.5 Å². The molecule has 2 atom stereocenters. The van der Waals surface area contributed by atoms with Crippen molar-refractivity contribution in [3.63, 3.8) is 0 Å². The molecular formula is C13H16Cl2O2. The third kappa shape index (κ3) is 4.32. The maximum Gasteiger partial charge on any atom is 0.0833 e. The summed E-state index contributed by atoms with van der Waals surface area (Å²) in [6, 6.07) is 5.30. The summed E-state index contributed by atoms with van der Waals surface area (Å²) in [5, 5.41) is 10.8. The Hall–Kier alpha value is -0.540. The molecule has 0 fully saturated rings. The van der Waals surface area contributed by atoms with E-state index >= 15 is 0 Å². The molecule has 4 heteroatoms. The Labute approximate surface area is 112 Å². The molecule has 17 heavy (non-hydrogen) atoms. The molecule has 1 aromatic carbocycles. The quantitative estimate of drug-likeness (QED) is 0.799. The van der Waals surface area contributed by atoms with Crippen LogP contribution >= 0.6 is 23.2 Å². The molecule has 0 aliphatic carbocycles. The average Bonchev–Trinajstić information content (AvgIpc) is 2.28. The van der Waals surface area contributed by atoms with Crippen molar-refractivity contribution < 1.29 is 9.84 Å². The fourth-order valence-corrected chi connectivity index (χ4v) is 1.87. The molecular weight excluding hydrogens is 259 g/mol. The highest BCUT2D eigenvalue weighted by Gasteiger charge is 2.14. The van der Waals surface area contributed by atoms with E-state index in [4.69, 9.17) is 27.9 Å². The van der Waals surface area contributed by atoms with Crippen molar-refractivity contribution in [1.82, 2.24) is 0 Å². The van der Waals surface area contributed by atoms with E-state index in [1.165, 1.54) is 0 Å². The Kier molecular flexibility index (Phi) is 6.00. The second kappa shape index (κ2) is 7.02. The van der Waals surface area contributed by atoms with E-state index in [1.54, 1.807) is 31.2 Å². The number of rotatable bonds is 6. The van der Waals surface area contributed by atoms with Crippen molar-refractivity contribution in [2.45, 2.75) is 32.2 Å². The first-order valence-corrected chi connectivity index (χ1v) is 6.15. The minimum absolute atomic E-state index is 0.286. The molecule has 1 N–H and O–H groups in total. The van der Waals surface area contributed by atoms with Crippen molar-refractivity contribution in [1.29, 1.82) is 0 Å². The van der Waals surface area contributed by atoms with E-state index in [2.05, 4.69) is 6.58 Å². The zero-order valence-corrected chi connectivity index (χ0v) is 11.2. The Morgan fingerprint density at radius 2 is 2.00 bits per heavy atom. The third-order valence-corrected chi connectivity index (χ3v) is 3.21. The first-order valence-electron chi connectivity index (χ1n) is 5.39. The van der Waals surface area contributed by atoms with Crippen molar-refractivity contribution in [3.05, 3.63) is 46.5 Å². The number of hydrogen-bond acceptors (Lipinski definition) is 2. The molecule has 1 aromatic rings. The standard InChI is InChI=1S/C13H16Cl2O2/c1-3-5-13(16)9(2)17-8-10-11(14)6-4-7-12(10)15/h3-4,6-7,9,13,16H,1,5,8H2,2H3/t9-,13+/m0/s1. The molecule has 0 saturated heterocycles. The summed E-state index contributed by atoms with van der Waals surface area (Å²) >= 11 is 12.0. The van der Waals surface area contributed by atoms with Crippen molar-refractivity contribution >= 4 is 23.2 Å². The Balaban J connectivity index is 2.58. The lowest BCUT2D eigenvalue weighted by Crippen LogP contribution is -2.25. The van der Waals surface area contributed by atoms with Crippen LogP contribution in [0.4, 0.5) is 0 Å². The third-order valence-electron chi connectivity index (χ3n) is 2.50. The van der Waals surface area contributed by atoms with Crippen LogP contribution < -0.4 is 0 Å². The van der Waals surface area contributed by atoms with Crippen molar-refractivity contribution in [3.8, 4) is 0 Å². The lowest BCUT2D eigenvalue weighted by Gasteiger charge is -2.19. The predicted octanol–water partition coefficient (Wildman–Crippen LogP) is 3.84. The summed E-state index contributed by atoms with van der Waals surface area (Å²) in [6.45, 7) is 5.66. The van der Waals surface area contributed by atoms with Gasteiger partial charge in [0.15, 0.2) is 0 Å². The highest BCUT2D eigenvalue weighted by Crippen LogP contribution is 2.25. The monoisotopic (exact) mass is 274 g/mol. The number of ether oxygens (including phenoxy) is 1. The molecule has 0 saturated carbocycles. The zero-order chi connectivity index (χ0) is 12.8. The van der Waals surface area contributed by atoms with E-state index in [9.17, 15) is 5.11 Å². The van der Waals surface area contributed by atoms with E-state index in [-0.39, 0.29) is 12.7 Å². The fourth-order valence-electron chi connectivity index (χ4n) is 1.36. The maximum atomic E-state index is 9.67. The van der Waals surface area contributed by atoms with Gasteiger partial charge in [0.2, 0.25) is 0 Å². The molecule has 0 radical (unpaired) electrons. The highest BCUT2D eigenvalue weighted by molar-refractivity contribution is 6.35. The van der Waals surface area contributed by atoms with Crippen LogP contribution in [0.5, 0.6) is 0 Å². The van der Waals surface area contributed by atoms with Gasteiger partial charge in [-0.2, -0.15) is 0 Å². The number of benzene rings is 1. The molecule has 0 amide bonds. The molecule has 0 bridgehead atoms. The van der Waals surface area contributed by atoms with Crippen molar-refractivity contribution in [2.24, 2.45) is 0 Å². The minimum atomic E-state index is -0.561. The smallest absolute Gasteiger partial charge is 0.0833 e. The fraction of sp³-hybridized carbons (Fsp3) is 0.385. The van der Waals surface area contributed by atoms with Crippen LogP contribution in [0.3, 0.4) is 0 Å². The number of hydrogen-bond donors (Lipinski definition) is 1.